The monoisotopic (exact) mass is 331 g/mol. The number of carbonyl (C=O) groups is 1. The van der Waals surface area contributed by atoms with Crippen molar-refractivity contribution in [3.63, 3.8) is 0 Å². The van der Waals surface area contributed by atoms with Gasteiger partial charge in [-0.05, 0) is 37.7 Å². The minimum atomic E-state index is 0.140. The summed E-state index contributed by atoms with van der Waals surface area (Å²) in [4.78, 5) is 19.5. The van der Waals surface area contributed by atoms with Crippen LogP contribution in [0, 0.1) is 0 Å². The van der Waals surface area contributed by atoms with Gasteiger partial charge in [-0.25, -0.2) is 4.98 Å². The molecule has 1 aliphatic heterocycles. The topological polar surface area (TPSA) is 38.1 Å². The Hall–Kier alpha value is -1.49. The van der Waals surface area contributed by atoms with E-state index in [1.807, 2.05) is 17.8 Å². The summed E-state index contributed by atoms with van der Waals surface area (Å²) in [5, 5.41) is 0. The number of imidazole rings is 1. The first-order valence-electron chi connectivity index (χ1n) is 8.58. The van der Waals surface area contributed by atoms with E-state index in [1.165, 1.54) is 5.52 Å². The third kappa shape index (κ3) is 3.25. The second-order valence-electron chi connectivity index (χ2n) is 5.90. The van der Waals surface area contributed by atoms with E-state index in [-0.39, 0.29) is 11.9 Å². The summed E-state index contributed by atoms with van der Waals surface area (Å²) < 4.78 is 2.27. The Morgan fingerprint density at radius 3 is 2.96 bits per heavy atom. The van der Waals surface area contributed by atoms with Crippen LogP contribution in [-0.2, 0) is 11.3 Å². The lowest BCUT2D eigenvalue weighted by atomic mass is 10.2. The third-order valence-electron chi connectivity index (χ3n) is 4.54. The summed E-state index contributed by atoms with van der Waals surface area (Å²) in [7, 11) is 0. The lowest BCUT2D eigenvalue weighted by Gasteiger charge is -2.25. The number of hydrogen-bond acceptors (Lipinski definition) is 3. The molecule has 0 bridgehead atoms. The smallest absolute Gasteiger partial charge is 0.224 e. The zero-order valence-electron chi connectivity index (χ0n) is 14.0. The molecule has 1 unspecified atom stereocenters. The van der Waals surface area contributed by atoms with Gasteiger partial charge in [-0.2, -0.15) is 11.8 Å². The van der Waals surface area contributed by atoms with Crippen LogP contribution >= 0.6 is 11.8 Å². The van der Waals surface area contributed by atoms with Gasteiger partial charge in [0.2, 0.25) is 5.91 Å². The molecule has 1 amide bonds. The van der Waals surface area contributed by atoms with Crippen molar-refractivity contribution >= 4 is 28.7 Å². The summed E-state index contributed by atoms with van der Waals surface area (Å²) in [6, 6.07) is 8.40. The average Bonchev–Trinajstić information content (AvgIpc) is 3.18. The van der Waals surface area contributed by atoms with Crippen LogP contribution in [0.2, 0.25) is 0 Å². The molecule has 2 aromatic rings. The molecule has 0 spiro atoms. The number of fused-ring (bicyclic) bond motifs is 1. The summed E-state index contributed by atoms with van der Waals surface area (Å²) >= 11 is 1.84. The van der Waals surface area contributed by atoms with Crippen molar-refractivity contribution in [2.75, 3.05) is 18.1 Å². The van der Waals surface area contributed by atoms with E-state index in [0.29, 0.717) is 6.42 Å². The van der Waals surface area contributed by atoms with E-state index < -0.39 is 0 Å². The minimum Gasteiger partial charge on any atom is -0.332 e. The molecule has 124 valence electrons. The maximum absolute atomic E-state index is 12.6. The number of nitrogens with zero attached hydrogens (tertiary/aromatic N) is 3. The molecule has 1 atom stereocenters. The molecule has 0 radical (unpaired) electrons. The maximum Gasteiger partial charge on any atom is 0.224 e. The molecular weight excluding hydrogens is 306 g/mol. The molecular formula is C18H25N3OS. The number of rotatable bonds is 6. The van der Waals surface area contributed by atoms with E-state index in [9.17, 15) is 4.79 Å². The van der Waals surface area contributed by atoms with E-state index in [1.54, 1.807) is 0 Å². The number of carbonyl (C=O) groups excluding carboxylic acids is 1. The van der Waals surface area contributed by atoms with Crippen molar-refractivity contribution in [3.05, 3.63) is 30.1 Å². The molecule has 1 aromatic carbocycles. The second kappa shape index (κ2) is 7.39. The highest BCUT2D eigenvalue weighted by molar-refractivity contribution is 7.99. The number of aromatic nitrogens is 2. The molecule has 2 heterocycles. The van der Waals surface area contributed by atoms with E-state index in [2.05, 4.69) is 41.5 Å². The van der Waals surface area contributed by atoms with Gasteiger partial charge in [0.25, 0.3) is 0 Å². The highest BCUT2D eigenvalue weighted by atomic mass is 32.2. The first-order valence-corrected chi connectivity index (χ1v) is 9.74. The van der Waals surface area contributed by atoms with Gasteiger partial charge < -0.3 is 9.47 Å². The fraction of sp³-hybridized carbons (Fsp3) is 0.556. The van der Waals surface area contributed by atoms with Crippen molar-refractivity contribution in [2.45, 2.75) is 45.7 Å². The summed E-state index contributed by atoms with van der Waals surface area (Å²) in [6.07, 6.45) is 2.74. The van der Waals surface area contributed by atoms with Crippen LogP contribution in [0.4, 0.5) is 0 Å². The van der Waals surface area contributed by atoms with Crippen molar-refractivity contribution in [1.29, 1.82) is 0 Å². The molecule has 1 aromatic heterocycles. The zero-order valence-corrected chi connectivity index (χ0v) is 14.8. The number of benzene rings is 1. The van der Waals surface area contributed by atoms with Gasteiger partial charge in [0.05, 0.1) is 17.1 Å². The van der Waals surface area contributed by atoms with Crippen LogP contribution in [0.15, 0.2) is 24.3 Å². The third-order valence-corrected chi connectivity index (χ3v) is 5.44. The molecule has 23 heavy (non-hydrogen) atoms. The summed E-state index contributed by atoms with van der Waals surface area (Å²) in [5.41, 5.74) is 2.20. The van der Waals surface area contributed by atoms with Crippen molar-refractivity contribution in [3.8, 4) is 0 Å². The Bertz CT molecular complexity index is 682. The molecule has 1 aliphatic rings. The van der Waals surface area contributed by atoms with Crippen LogP contribution in [0.3, 0.4) is 0 Å². The molecule has 0 N–H and O–H groups in total. The summed E-state index contributed by atoms with van der Waals surface area (Å²) in [6.45, 7) is 6.04. The number of likely N-dealkylation sites (tertiary alicyclic amines) is 1. The van der Waals surface area contributed by atoms with Crippen molar-refractivity contribution in [2.24, 2.45) is 0 Å². The van der Waals surface area contributed by atoms with Gasteiger partial charge in [-0.3, -0.25) is 4.79 Å². The Morgan fingerprint density at radius 1 is 1.35 bits per heavy atom. The molecule has 1 fully saturated rings. The normalized spacial score (nSPS) is 18.0. The Morgan fingerprint density at radius 2 is 2.17 bits per heavy atom. The average molecular weight is 331 g/mol. The fourth-order valence-electron chi connectivity index (χ4n) is 3.46. The van der Waals surface area contributed by atoms with E-state index in [0.717, 1.165) is 48.8 Å². The first-order chi connectivity index (χ1) is 11.3. The van der Waals surface area contributed by atoms with Crippen molar-refractivity contribution in [1.82, 2.24) is 14.5 Å². The largest absolute Gasteiger partial charge is 0.332 e. The van der Waals surface area contributed by atoms with Gasteiger partial charge in [0.15, 0.2) is 0 Å². The number of thioether (sulfide) groups is 1. The number of para-hydroxylation sites is 2. The lowest BCUT2D eigenvalue weighted by Crippen LogP contribution is -2.32. The SMILES string of the molecule is CCSCCC(=O)N1CCCC1c1nc2ccccc2n1CC. The van der Waals surface area contributed by atoms with E-state index >= 15 is 0 Å². The fourth-order valence-corrected chi connectivity index (χ4v) is 4.07. The highest BCUT2D eigenvalue weighted by Gasteiger charge is 2.33. The predicted molar refractivity (Wildman–Crippen MR) is 96.7 cm³/mol. The van der Waals surface area contributed by atoms with Crippen LogP contribution < -0.4 is 0 Å². The van der Waals surface area contributed by atoms with Crippen LogP contribution in [0.1, 0.15) is 45.0 Å². The number of hydrogen-bond donors (Lipinski definition) is 0. The second-order valence-corrected chi connectivity index (χ2v) is 7.29. The van der Waals surface area contributed by atoms with Gasteiger partial charge in [0, 0.05) is 25.3 Å². The lowest BCUT2D eigenvalue weighted by molar-refractivity contribution is -0.131. The molecule has 1 saturated heterocycles. The Balaban J connectivity index is 1.86. The predicted octanol–water partition coefficient (Wildman–Crippen LogP) is 3.86. The van der Waals surface area contributed by atoms with Gasteiger partial charge in [-0.1, -0.05) is 19.1 Å². The van der Waals surface area contributed by atoms with Gasteiger partial charge in [0.1, 0.15) is 5.82 Å². The van der Waals surface area contributed by atoms with Gasteiger partial charge >= 0.3 is 0 Å². The highest BCUT2D eigenvalue weighted by Crippen LogP contribution is 2.34. The Labute approximate surface area is 142 Å². The quantitative estimate of drug-likeness (QED) is 0.754. The van der Waals surface area contributed by atoms with E-state index in [4.69, 9.17) is 4.98 Å². The molecule has 0 saturated carbocycles. The number of amides is 1. The maximum atomic E-state index is 12.6. The molecule has 0 aliphatic carbocycles. The standard InChI is InChI=1S/C18H25N3OS/c1-3-20-15-9-6-5-8-14(15)19-18(20)16-10-7-12-21(16)17(22)11-13-23-4-2/h5-6,8-9,16H,3-4,7,10-13H2,1-2H3. The van der Waals surface area contributed by atoms with Crippen LogP contribution in [0.5, 0.6) is 0 Å². The zero-order chi connectivity index (χ0) is 16.2. The van der Waals surface area contributed by atoms with Gasteiger partial charge in [-0.15, -0.1) is 0 Å². The van der Waals surface area contributed by atoms with Crippen LogP contribution in [-0.4, -0.2) is 38.4 Å². The van der Waals surface area contributed by atoms with Crippen molar-refractivity contribution < 1.29 is 4.79 Å². The summed E-state index contributed by atoms with van der Waals surface area (Å²) in [5.74, 6) is 3.33. The molecule has 4 nitrogen and oxygen atoms in total. The van der Waals surface area contributed by atoms with Crippen LogP contribution in [0.25, 0.3) is 11.0 Å². The Kier molecular flexibility index (Phi) is 5.26. The molecule has 5 heteroatoms. The number of aryl methyl sites for hydroxylation is 1. The first kappa shape index (κ1) is 16.4. The minimum absolute atomic E-state index is 0.140. The molecule has 3 rings (SSSR count).